The van der Waals surface area contributed by atoms with Gasteiger partial charge in [0.25, 0.3) is 5.56 Å². The molecule has 2 aromatic heterocycles. The zero-order valence-corrected chi connectivity index (χ0v) is 15.2. The molecule has 1 N–H and O–H groups in total. The molecule has 3 heterocycles. The molecule has 0 saturated carbocycles. The lowest BCUT2D eigenvalue weighted by molar-refractivity contribution is 0.0391. The zero-order valence-electron chi connectivity index (χ0n) is 14.4. The van der Waals surface area contributed by atoms with Crippen molar-refractivity contribution in [2.45, 2.75) is 6.10 Å². The van der Waals surface area contributed by atoms with Crippen LogP contribution in [0.4, 0.5) is 5.95 Å². The third-order valence-corrected chi connectivity index (χ3v) is 4.95. The summed E-state index contributed by atoms with van der Waals surface area (Å²) in [4.78, 5) is 33.0. The monoisotopic (exact) mass is 375 g/mol. The van der Waals surface area contributed by atoms with E-state index in [0.29, 0.717) is 41.8 Å². The summed E-state index contributed by atoms with van der Waals surface area (Å²) >= 11 is 5.96. The van der Waals surface area contributed by atoms with E-state index in [2.05, 4.69) is 14.9 Å². The summed E-state index contributed by atoms with van der Waals surface area (Å²) in [7, 11) is 3.37. The number of aromatic amines is 1. The highest BCUT2D eigenvalue weighted by Gasteiger charge is 2.26. The number of aromatic nitrogens is 4. The number of anilines is 1. The Hall–Kier alpha value is -2.58. The summed E-state index contributed by atoms with van der Waals surface area (Å²) in [5, 5.41) is 0.678. The number of nitrogens with zero attached hydrogens (tertiary/aromatic N) is 4. The van der Waals surface area contributed by atoms with Crippen LogP contribution in [0.2, 0.25) is 5.02 Å². The summed E-state index contributed by atoms with van der Waals surface area (Å²) in [6, 6.07) is 7.56. The third-order valence-electron chi connectivity index (χ3n) is 4.70. The van der Waals surface area contributed by atoms with Gasteiger partial charge in [-0.2, -0.15) is 4.98 Å². The van der Waals surface area contributed by atoms with Crippen molar-refractivity contribution in [3.8, 4) is 0 Å². The minimum absolute atomic E-state index is 0.122. The summed E-state index contributed by atoms with van der Waals surface area (Å²) in [6.07, 6.45) is -0.122. The molecule has 1 aliphatic heterocycles. The number of hydrogen-bond donors (Lipinski definition) is 1. The predicted octanol–water partition coefficient (Wildman–Crippen LogP) is 1.19. The first-order chi connectivity index (χ1) is 12.5. The van der Waals surface area contributed by atoms with E-state index in [1.807, 2.05) is 24.3 Å². The maximum absolute atomic E-state index is 12.2. The fraction of sp³-hybridized carbons (Fsp3) is 0.353. The highest BCUT2D eigenvalue weighted by molar-refractivity contribution is 6.30. The van der Waals surface area contributed by atoms with Crippen LogP contribution in [0, 0.1) is 0 Å². The molecule has 0 bridgehead atoms. The Morgan fingerprint density at radius 3 is 2.65 bits per heavy atom. The topological polar surface area (TPSA) is 85.2 Å². The lowest BCUT2D eigenvalue weighted by Crippen LogP contribution is -2.39. The molecule has 8 nitrogen and oxygen atoms in total. The first kappa shape index (κ1) is 16.9. The summed E-state index contributed by atoms with van der Waals surface area (Å²) in [5.74, 6) is 0.633. The van der Waals surface area contributed by atoms with E-state index in [0.717, 1.165) is 5.56 Å². The number of nitrogens with one attached hydrogen (secondary N) is 1. The molecule has 0 aliphatic carbocycles. The highest BCUT2D eigenvalue weighted by Crippen LogP contribution is 2.27. The first-order valence-electron chi connectivity index (χ1n) is 8.23. The molecular weight excluding hydrogens is 358 g/mol. The van der Waals surface area contributed by atoms with Crippen LogP contribution in [-0.2, 0) is 18.8 Å². The Morgan fingerprint density at radius 1 is 1.19 bits per heavy atom. The van der Waals surface area contributed by atoms with Crippen LogP contribution in [0.25, 0.3) is 11.2 Å². The largest absolute Gasteiger partial charge is 0.370 e. The van der Waals surface area contributed by atoms with E-state index in [1.54, 1.807) is 18.7 Å². The molecule has 0 amide bonds. The van der Waals surface area contributed by atoms with Crippen LogP contribution in [-0.4, -0.2) is 38.8 Å². The lowest BCUT2D eigenvalue weighted by atomic mass is 10.1. The molecule has 0 unspecified atom stereocenters. The normalized spacial score (nSPS) is 17.8. The summed E-state index contributed by atoms with van der Waals surface area (Å²) in [6.45, 7) is 1.77. The Morgan fingerprint density at radius 2 is 1.92 bits per heavy atom. The second kappa shape index (κ2) is 6.30. The van der Waals surface area contributed by atoms with E-state index < -0.39 is 11.2 Å². The summed E-state index contributed by atoms with van der Waals surface area (Å²) < 4.78 is 8.96. The van der Waals surface area contributed by atoms with Crippen LogP contribution < -0.4 is 16.1 Å². The zero-order chi connectivity index (χ0) is 18.4. The van der Waals surface area contributed by atoms with E-state index >= 15 is 0 Å². The quantitative estimate of drug-likeness (QED) is 0.727. The number of H-pyrrole nitrogens is 1. The number of ether oxygens (including phenoxy) is 1. The van der Waals surface area contributed by atoms with E-state index in [-0.39, 0.29) is 6.10 Å². The maximum atomic E-state index is 12.2. The smallest absolute Gasteiger partial charge is 0.329 e. The number of aryl methyl sites for hydroxylation is 2. The van der Waals surface area contributed by atoms with Crippen LogP contribution >= 0.6 is 11.6 Å². The molecular formula is C17H18ClN5O3. The van der Waals surface area contributed by atoms with Crippen LogP contribution in [0.3, 0.4) is 0 Å². The summed E-state index contributed by atoms with van der Waals surface area (Å²) in [5.41, 5.74) is 0.852. The standard InChI is InChI=1S/C17H18ClN5O3/c1-21-13-14(22(2)17(25)20-15(13)24)19-16(21)23-7-8-26-12(9-23)10-3-5-11(18)6-4-10/h3-6,12H,7-9H2,1-2H3,(H,20,24,25)/t12-/m1/s1. The van der Waals surface area contributed by atoms with Gasteiger partial charge in [-0.3, -0.25) is 14.3 Å². The molecule has 4 rings (SSSR count). The number of halogens is 1. The van der Waals surface area contributed by atoms with Gasteiger partial charge in [0.1, 0.15) is 6.10 Å². The third kappa shape index (κ3) is 2.71. The van der Waals surface area contributed by atoms with Gasteiger partial charge in [0.05, 0.1) is 13.2 Å². The number of hydrogen-bond acceptors (Lipinski definition) is 5. The van der Waals surface area contributed by atoms with Crippen LogP contribution in [0.5, 0.6) is 0 Å². The second-order valence-electron chi connectivity index (χ2n) is 6.32. The van der Waals surface area contributed by atoms with Crippen molar-refractivity contribution in [2.75, 3.05) is 24.6 Å². The van der Waals surface area contributed by atoms with Crippen molar-refractivity contribution in [3.05, 3.63) is 55.7 Å². The second-order valence-corrected chi connectivity index (χ2v) is 6.75. The number of fused-ring (bicyclic) bond motifs is 1. The van der Waals surface area contributed by atoms with Crippen molar-refractivity contribution in [2.24, 2.45) is 14.1 Å². The molecule has 26 heavy (non-hydrogen) atoms. The minimum Gasteiger partial charge on any atom is -0.370 e. The van der Waals surface area contributed by atoms with Crippen molar-refractivity contribution >= 4 is 28.7 Å². The molecule has 1 saturated heterocycles. The molecule has 3 aromatic rings. The van der Waals surface area contributed by atoms with Gasteiger partial charge in [-0.05, 0) is 17.7 Å². The van der Waals surface area contributed by atoms with E-state index in [1.165, 1.54) is 4.57 Å². The Balaban J connectivity index is 1.73. The lowest BCUT2D eigenvalue weighted by Gasteiger charge is -2.33. The highest BCUT2D eigenvalue weighted by atomic mass is 35.5. The van der Waals surface area contributed by atoms with Crippen molar-refractivity contribution in [1.82, 2.24) is 19.1 Å². The van der Waals surface area contributed by atoms with E-state index in [4.69, 9.17) is 16.3 Å². The predicted molar refractivity (Wildman–Crippen MR) is 98.9 cm³/mol. The first-order valence-corrected chi connectivity index (χ1v) is 8.61. The number of benzene rings is 1. The maximum Gasteiger partial charge on any atom is 0.329 e. The van der Waals surface area contributed by atoms with E-state index in [9.17, 15) is 9.59 Å². The van der Waals surface area contributed by atoms with Crippen molar-refractivity contribution in [3.63, 3.8) is 0 Å². The van der Waals surface area contributed by atoms with Gasteiger partial charge in [-0.25, -0.2) is 4.79 Å². The molecule has 0 spiro atoms. The molecule has 9 heteroatoms. The van der Waals surface area contributed by atoms with Gasteiger partial charge >= 0.3 is 5.69 Å². The van der Waals surface area contributed by atoms with Crippen LogP contribution in [0.15, 0.2) is 33.9 Å². The molecule has 1 fully saturated rings. The fourth-order valence-corrected chi connectivity index (χ4v) is 3.42. The van der Waals surface area contributed by atoms with Gasteiger partial charge in [0.15, 0.2) is 11.2 Å². The minimum atomic E-state index is -0.479. The Labute approximate surface area is 153 Å². The van der Waals surface area contributed by atoms with Crippen LogP contribution in [0.1, 0.15) is 11.7 Å². The Kier molecular flexibility index (Phi) is 4.08. The molecule has 0 radical (unpaired) electrons. The fourth-order valence-electron chi connectivity index (χ4n) is 3.29. The average molecular weight is 376 g/mol. The van der Waals surface area contributed by atoms with Gasteiger partial charge in [-0.1, -0.05) is 23.7 Å². The number of morpholine rings is 1. The van der Waals surface area contributed by atoms with Crippen molar-refractivity contribution < 1.29 is 4.74 Å². The van der Waals surface area contributed by atoms with Gasteiger partial charge in [0, 0.05) is 25.7 Å². The molecule has 1 aromatic carbocycles. The number of rotatable bonds is 2. The number of imidazole rings is 1. The molecule has 1 atom stereocenters. The SMILES string of the molecule is Cn1c(N2CCO[C@@H](c3ccc(Cl)cc3)C2)nc2c1c(=O)[nH]c(=O)n2C. The average Bonchev–Trinajstić information content (AvgIpc) is 2.98. The van der Waals surface area contributed by atoms with Gasteiger partial charge in [0.2, 0.25) is 5.95 Å². The molecule has 1 aliphatic rings. The van der Waals surface area contributed by atoms with Gasteiger partial charge < -0.3 is 14.2 Å². The molecule has 136 valence electrons. The van der Waals surface area contributed by atoms with Gasteiger partial charge in [-0.15, -0.1) is 0 Å². The van der Waals surface area contributed by atoms with Crippen molar-refractivity contribution in [1.29, 1.82) is 0 Å². The Bertz CT molecular complexity index is 1080.